The maximum atomic E-state index is 4.74. The van der Waals surface area contributed by atoms with E-state index < -0.39 is 0 Å². The Morgan fingerprint density at radius 3 is 0.958 bits per heavy atom. The normalized spacial score (nSPS) is 12.3. The van der Waals surface area contributed by atoms with Gasteiger partial charge in [0.05, 0.1) is 39.1 Å². The molecular formula is C107H116N12+4. The van der Waals surface area contributed by atoms with Gasteiger partial charge in [0.1, 0.15) is 45.7 Å². The molecule has 600 valence electrons. The second-order valence-electron chi connectivity index (χ2n) is 35.3. The Kier molecular flexibility index (Phi) is 24.6. The summed E-state index contributed by atoms with van der Waals surface area (Å²) in [5.74, 6) is 3.92. The molecule has 0 atom stereocenters. The minimum Gasteiger partial charge on any atom is -0.258 e. The van der Waals surface area contributed by atoms with E-state index in [4.69, 9.17) is 9.97 Å². The van der Waals surface area contributed by atoms with E-state index in [1.807, 2.05) is 56.5 Å². The molecule has 0 radical (unpaired) electrons. The fourth-order valence-electron chi connectivity index (χ4n) is 17.2. The molecule has 0 aliphatic heterocycles. The summed E-state index contributed by atoms with van der Waals surface area (Å²) in [6.07, 6.45) is 31.3. The van der Waals surface area contributed by atoms with Gasteiger partial charge in [0, 0.05) is 131 Å². The zero-order valence-corrected chi connectivity index (χ0v) is 74.0. The van der Waals surface area contributed by atoms with E-state index in [2.05, 4.69) is 364 Å². The molecule has 0 saturated heterocycles. The van der Waals surface area contributed by atoms with Crippen molar-refractivity contribution in [2.45, 2.75) is 169 Å². The zero-order chi connectivity index (χ0) is 84.4. The van der Waals surface area contributed by atoms with Crippen molar-refractivity contribution in [1.29, 1.82) is 0 Å². The molecule has 0 unspecified atom stereocenters. The Hall–Kier alpha value is -12.3. The predicted octanol–water partition coefficient (Wildman–Crippen LogP) is 23.6. The molecule has 0 spiro atoms. The summed E-state index contributed by atoms with van der Waals surface area (Å²) >= 11 is 0. The smallest absolute Gasteiger partial charge is 0.213 e. The van der Waals surface area contributed by atoms with Gasteiger partial charge in [-0.25, -0.2) is 48.2 Å². The minimum atomic E-state index is 0.178. The number of rotatable bonds is 12. The van der Waals surface area contributed by atoms with Crippen LogP contribution in [-0.2, 0) is 41.0 Å². The fourth-order valence-corrected chi connectivity index (χ4v) is 17.2. The summed E-state index contributed by atoms with van der Waals surface area (Å²) in [5.41, 5.74) is 35.8. The SMILES string of the molecule is Cc1cc(C)c(C)c(-c2cc3cccc(-c4cnc(C)cn4)c3c[n+]2C)c1.Cc1cc(C)c(C)c(-c2cc3cccc(-c4cnc(C5CCCC5)nc4)c3c[n+]2C)c1.Cc1cc(C)c(C)c(-c2cc3cccc(-c4cnc(CC(C)(C)C)nc4)c3c[n+]2C)c1.Cc1cc(C)c(C)c(-c2cc3cccc(-c4cnc(CC(C)C)nc4)c3c[n+]2C)c1. The summed E-state index contributed by atoms with van der Waals surface area (Å²) in [4.78, 5) is 37.0. The fraction of sp³-hybridized carbons (Fsp3) is 0.290. The third-order valence-corrected chi connectivity index (χ3v) is 24.0. The van der Waals surface area contributed by atoms with Crippen LogP contribution in [0.1, 0.15) is 156 Å². The number of aryl methyl sites for hydroxylation is 13. The van der Waals surface area contributed by atoms with Gasteiger partial charge >= 0.3 is 0 Å². The van der Waals surface area contributed by atoms with Crippen LogP contribution >= 0.6 is 0 Å². The van der Waals surface area contributed by atoms with Gasteiger partial charge in [-0.05, 0) is 221 Å². The summed E-state index contributed by atoms with van der Waals surface area (Å²) in [6.45, 7) is 39.2. The number of benzene rings is 8. The van der Waals surface area contributed by atoms with Crippen LogP contribution in [0.3, 0.4) is 0 Å². The van der Waals surface area contributed by atoms with E-state index in [-0.39, 0.29) is 5.41 Å². The van der Waals surface area contributed by atoms with Crippen molar-refractivity contribution in [3.05, 3.63) is 310 Å². The molecule has 12 heteroatoms. The summed E-state index contributed by atoms with van der Waals surface area (Å²) < 4.78 is 8.94. The van der Waals surface area contributed by atoms with Crippen molar-refractivity contribution in [3.63, 3.8) is 0 Å². The second kappa shape index (κ2) is 35.1. The molecule has 8 aromatic heterocycles. The maximum absolute atomic E-state index is 4.74. The number of hydrogen-bond acceptors (Lipinski definition) is 8. The van der Waals surface area contributed by atoms with Gasteiger partial charge in [-0.3, -0.25) is 9.97 Å². The van der Waals surface area contributed by atoms with Crippen LogP contribution in [0.25, 0.3) is 133 Å². The average molecular weight is 1570 g/mol. The van der Waals surface area contributed by atoms with Crippen molar-refractivity contribution in [3.8, 4) is 89.7 Å². The van der Waals surface area contributed by atoms with E-state index in [0.29, 0.717) is 11.8 Å². The van der Waals surface area contributed by atoms with Crippen LogP contribution in [0.5, 0.6) is 0 Å². The molecule has 12 nitrogen and oxygen atoms in total. The van der Waals surface area contributed by atoms with Crippen molar-refractivity contribution in [1.82, 2.24) is 39.9 Å². The van der Waals surface area contributed by atoms with E-state index in [1.54, 1.807) is 0 Å². The lowest BCUT2D eigenvalue weighted by Gasteiger charge is -2.16. The first kappa shape index (κ1) is 83.2. The van der Waals surface area contributed by atoms with Crippen LogP contribution in [-0.4, -0.2) is 39.9 Å². The van der Waals surface area contributed by atoms with Gasteiger partial charge in [-0.1, -0.05) is 167 Å². The highest BCUT2D eigenvalue weighted by atomic mass is 14.9. The number of aromatic nitrogens is 12. The van der Waals surface area contributed by atoms with E-state index in [0.717, 1.165) is 64.0 Å². The molecule has 16 aromatic rings. The summed E-state index contributed by atoms with van der Waals surface area (Å²) in [5, 5.41) is 9.74. The quantitative estimate of drug-likeness (QED) is 0.111. The molecule has 1 saturated carbocycles. The van der Waals surface area contributed by atoms with Gasteiger partial charge in [0.25, 0.3) is 0 Å². The number of fused-ring (bicyclic) bond motifs is 4. The molecule has 1 aliphatic carbocycles. The Labute approximate surface area is 705 Å². The standard InChI is InChI=1S/C28H30N3.C28H32N3.C27H30N3.C24H24N3/c1-18-12-19(2)20(3)25(13-18)27-14-22-10-7-11-24(26(22)17-31(27)4)23-15-29-28(30-16-23)21-8-5-6-9-21;1-18-11-19(2)20(3)24(12-18)26-13-21-9-8-10-23(25(21)17-31(26)7)22-15-29-27(30-16-22)14-28(4,5)6;1-17(2)10-27-28-14-22(15-29-27)23-9-7-8-21-13-26(30(6)16-25(21)23)24-12-18(3)11-19(4)20(24)5;1-15-9-16(2)18(4)21(10-15)24-11-19-7-6-8-20(22(19)14-27(24)5)23-13-25-17(3)12-26-23/h7,10-17,21H,5-6,8-9H2,1-4H3;8-13,15-17H,14H2,1-7H3;7-9,11-17H,10H2,1-6H3;6-14H,1-5H3/q4*+1. The Morgan fingerprint density at radius 1 is 0.336 bits per heavy atom. The molecule has 1 fully saturated rings. The highest BCUT2D eigenvalue weighted by Gasteiger charge is 2.26. The molecule has 8 aromatic carbocycles. The lowest BCUT2D eigenvalue weighted by atomic mass is 9.92. The largest absolute Gasteiger partial charge is 0.258 e. The Morgan fingerprint density at radius 2 is 0.647 bits per heavy atom. The molecule has 119 heavy (non-hydrogen) atoms. The van der Waals surface area contributed by atoms with Crippen LogP contribution in [0.15, 0.2) is 220 Å². The van der Waals surface area contributed by atoms with E-state index in [1.165, 1.54) is 197 Å². The first-order valence-corrected chi connectivity index (χ1v) is 42.2. The number of pyridine rings is 4. The van der Waals surface area contributed by atoms with Crippen LogP contribution in [0, 0.1) is 101 Å². The molecule has 8 heterocycles. The van der Waals surface area contributed by atoms with Crippen molar-refractivity contribution in [2.75, 3.05) is 0 Å². The first-order valence-electron chi connectivity index (χ1n) is 42.2. The van der Waals surface area contributed by atoms with E-state index in [9.17, 15) is 0 Å². The van der Waals surface area contributed by atoms with Crippen molar-refractivity contribution in [2.24, 2.45) is 39.5 Å². The monoisotopic (exact) mass is 1570 g/mol. The van der Waals surface area contributed by atoms with Gasteiger partial charge in [0.2, 0.25) is 22.8 Å². The topological polar surface area (TPSA) is 119 Å². The Bertz CT molecular complexity index is 6490. The maximum Gasteiger partial charge on any atom is 0.213 e. The molecule has 0 bridgehead atoms. The molecular weight excluding hydrogens is 1450 g/mol. The number of hydrogen-bond donors (Lipinski definition) is 0. The molecule has 17 rings (SSSR count). The Balaban J connectivity index is 0.000000130. The van der Waals surface area contributed by atoms with Crippen LogP contribution in [0.2, 0.25) is 0 Å². The lowest BCUT2D eigenvalue weighted by Crippen LogP contribution is -2.30. The number of nitrogens with zero attached hydrogens (tertiary/aromatic N) is 12. The summed E-state index contributed by atoms with van der Waals surface area (Å²) in [7, 11) is 8.52. The highest BCUT2D eigenvalue weighted by molar-refractivity contribution is 6.00. The third kappa shape index (κ3) is 18.5. The molecule has 0 N–H and O–H groups in total. The molecule has 0 amide bonds. The van der Waals surface area contributed by atoms with Crippen LogP contribution in [0.4, 0.5) is 0 Å². The zero-order valence-electron chi connectivity index (χ0n) is 74.0. The van der Waals surface area contributed by atoms with E-state index >= 15 is 0 Å². The van der Waals surface area contributed by atoms with Crippen molar-refractivity contribution >= 4 is 43.1 Å². The summed E-state index contributed by atoms with van der Waals surface area (Å²) in [6, 6.07) is 53.2. The lowest BCUT2D eigenvalue weighted by molar-refractivity contribution is -0.659. The van der Waals surface area contributed by atoms with Gasteiger partial charge in [0.15, 0.2) is 24.8 Å². The minimum absolute atomic E-state index is 0.178. The third-order valence-electron chi connectivity index (χ3n) is 24.0. The van der Waals surface area contributed by atoms with Crippen molar-refractivity contribution < 1.29 is 18.3 Å². The van der Waals surface area contributed by atoms with Gasteiger partial charge < -0.3 is 0 Å². The first-order chi connectivity index (χ1) is 56.9. The van der Waals surface area contributed by atoms with Gasteiger partial charge in [-0.2, -0.15) is 0 Å². The highest BCUT2D eigenvalue weighted by Crippen LogP contribution is 2.39. The molecule has 1 aliphatic rings. The second-order valence-corrected chi connectivity index (χ2v) is 35.3. The predicted molar refractivity (Wildman–Crippen MR) is 491 cm³/mol. The average Bonchev–Trinajstić information content (AvgIpc) is 0.915. The van der Waals surface area contributed by atoms with Crippen LogP contribution < -0.4 is 18.3 Å². The van der Waals surface area contributed by atoms with Gasteiger partial charge in [-0.15, -0.1) is 0 Å².